The van der Waals surface area contributed by atoms with Crippen LogP contribution in [0.1, 0.15) is 24.0 Å². The first-order valence-corrected chi connectivity index (χ1v) is 4.29. The van der Waals surface area contributed by atoms with Gasteiger partial charge in [-0.15, -0.1) is 0 Å². The molecule has 0 aromatic heterocycles. The van der Waals surface area contributed by atoms with Crippen LogP contribution in [-0.2, 0) is 0 Å². The Balaban J connectivity index is 2.73. The molecule has 1 heteroatoms. The first kappa shape index (κ1) is 8.24. The second-order valence-corrected chi connectivity index (χ2v) is 3.43. The summed E-state index contributed by atoms with van der Waals surface area (Å²) in [5.74, 6) is 0.0196. The van der Waals surface area contributed by atoms with Gasteiger partial charge >= 0.3 is 0 Å². The molecule has 13 heavy (non-hydrogen) atoms. The molecule has 66 valence electrons. The van der Waals surface area contributed by atoms with Crippen LogP contribution in [0.25, 0.3) is 5.57 Å². The van der Waals surface area contributed by atoms with Crippen molar-refractivity contribution < 1.29 is 4.39 Å². The maximum Gasteiger partial charge on any atom is 0.131 e. The van der Waals surface area contributed by atoms with Crippen molar-refractivity contribution in [1.82, 2.24) is 0 Å². The Morgan fingerprint density at radius 1 is 1.31 bits per heavy atom. The first-order valence-electron chi connectivity index (χ1n) is 4.29. The number of fused-ring (bicyclic) bond motifs is 1. The minimum atomic E-state index is -0.187. The van der Waals surface area contributed by atoms with E-state index >= 15 is 0 Å². The lowest BCUT2D eigenvalue weighted by molar-refractivity contribution is 0.623. The normalized spacial score (nSPS) is 20.6. The number of benzene rings is 1. The predicted octanol–water partition coefficient (Wildman–Crippen LogP) is 3.51. The number of hydrogen-bond donors (Lipinski definition) is 0. The van der Waals surface area contributed by atoms with Crippen molar-refractivity contribution in [2.75, 3.05) is 0 Å². The average Bonchev–Trinajstić information content (AvgIpc) is 2.33. The maximum absolute atomic E-state index is 13.4. The number of hydrogen-bond acceptors (Lipinski definition) is 0. The Morgan fingerprint density at radius 3 is 2.62 bits per heavy atom. The minimum absolute atomic E-state index is 0.187. The van der Waals surface area contributed by atoms with Gasteiger partial charge in [-0.2, -0.15) is 0 Å². The molecule has 1 aromatic carbocycles. The average molecular weight is 174 g/mol. The molecule has 1 atom stereocenters. The minimum Gasteiger partial charge on any atom is -0.206 e. The van der Waals surface area contributed by atoms with Crippen LogP contribution < -0.4 is 0 Å². The van der Waals surface area contributed by atoms with Gasteiger partial charge in [-0.1, -0.05) is 32.2 Å². The standard InChI is InChI=1S/C12H11F/c1-7-8(2)10-5-4-6-11(13)12(10)9(7)3/h4-6,8H,1,3H2,2H3. The van der Waals surface area contributed by atoms with E-state index in [4.69, 9.17) is 0 Å². The quantitative estimate of drug-likeness (QED) is 0.564. The molecular formula is C12H11F. The molecule has 0 radical (unpaired) electrons. The van der Waals surface area contributed by atoms with Gasteiger partial charge in [-0.25, -0.2) is 4.39 Å². The van der Waals surface area contributed by atoms with Crippen molar-refractivity contribution in [3.63, 3.8) is 0 Å². The molecule has 0 amide bonds. The van der Waals surface area contributed by atoms with Crippen molar-refractivity contribution in [1.29, 1.82) is 0 Å². The van der Waals surface area contributed by atoms with Crippen LogP contribution in [0.15, 0.2) is 36.9 Å². The van der Waals surface area contributed by atoms with E-state index in [2.05, 4.69) is 13.2 Å². The summed E-state index contributed by atoms with van der Waals surface area (Å²) in [5.41, 5.74) is 3.34. The topological polar surface area (TPSA) is 0 Å². The van der Waals surface area contributed by atoms with Crippen LogP contribution in [0.3, 0.4) is 0 Å². The molecular weight excluding hydrogens is 163 g/mol. The van der Waals surface area contributed by atoms with E-state index in [1.54, 1.807) is 6.07 Å². The highest BCUT2D eigenvalue weighted by Crippen LogP contribution is 2.44. The first-order chi connectivity index (χ1) is 6.13. The van der Waals surface area contributed by atoms with Crippen molar-refractivity contribution in [2.24, 2.45) is 0 Å². The molecule has 1 aliphatic rings. The Bertz CT molecular complexity index is 402. The highest BCUT2D eigenvalue weighted by atomic mass is 19.1. The Morgan fingerprint density at radius 2 is 2.00 bits per heavy atom. The van der Waals surface area contributed by atoms with Crippen LogP contribution in [0.4, 0.5) is 4.39 Å². The maximum atomic E-state index is 13.4. The van der Waals surface area contributed by atoms with Gasteiger partial charge in [0.05, 0.1) is 0 Å². The van der Waals surface area contributed by atoms with Gasteiger partial charge < -0.3 is 0 Å². The molecule has 0 nitrogen and oxygen atoms in total. The van der Waals surface area contributed by atoms with Crippen molar-refractivity contribution in [3.05, 3.63) is 53.9 Å². The summed E-state index contributed by atoms with van der Waals surface area (Å²) in [7, 11) is 0. The van der Waals surface area contributed by atoms with Gasteiger partial charge in [-0.05, 0) is 22.8 Å². The lowest BCUT2D eigenvalue weighted by Gasteiger charge is -2.03. The predicted molar refractivity (Wildman–Crippen MR) is 53.0 cm³/mol. The third kappa shape index (κ3) is 0.966. The van der Waals surface area contributed by atoms with E-state index in [-0.39, 0.29) is 11.7 Å². The molecule has 0 saturated heterocycles. The lowest BCUT2D eigenvalue weighted by atomic mass is 10.0. The second kappa shape index (κ2) is 2.56. The number of halogens is 1. The molecule has 1 unspecified atom stereocenters. The summed E-state index contributed by atoms with van der Waals surface area (Å²) in [6, 6.07) is 5.14. The zero-order valence-electron chi connectivity index (χ0n) is 7.60. The smallest absolute Gasteiger partial charge is 0.131 e. The van der Waals surface area contributed by atoms with Crippen LogP contribution >= 0.6 is 0 Å². The molecule has 0 fully saturated rings. The van der Waals surface area contributed by atoms with Gasteiger partial charge in [0.2, 0.25) is 0 Å². The van der Waals surface area contributed by atoms with Crippen molar-refractivity contribution in [3.8, 4) is 0 Å². The van der Waals surface area contributed by atoms with Crippen molar-refractivity contribution >= 4 is 5.57 Å². The largest absolute Gasteiger partial charge is 0.206 e. The second-order valence-electron chi connectivity index (χ2n) is 3.43. The molecule has 0 saturated carbocycles. The summed E-state index contributed by atoms with van der Waals surface area (Å²) in [4.78, 5) is 0. The molecule has 0 spiro atoms. The SMILES string of the molecule is C=C1C(=C)C(C)c2cccc(F)c21. The fourth-order valence-electron chi connectivity index (χ4n) is 1.83. The van der Waals surface area contributed by atoms with Gasteiger partial charge in [0.25, 0.3) is 0 Å². The number of rotatable bonds is 0. The molecule has 0 N–H and O–H groups in total. The molecule has 0 aliphatic heterocycles. The highest BCUT2D eigenvalue weighted by molar-refractivity contribution is 5.86. The molecule has 1 aromatic rings. The summed E-state index contributed by atoms with van der Waals surface area (Å²) in [5, 5.41) is 0. The van der Waals surface area contributed by atoms with E-state index in [9.17, 15) is 4.39 Å². The number of allylic oxidation sites excluding steroid dienone is 2. The summed E-state index contributed by atoms with van der Waals surface area (Å²) < 4.78 is 13.4. The monoisotopic (exact) mass is 174 g/mol. The molecule has 2 rings (SSSR count). The van der Waals surface area contributed by atoms with Crippen LogP contribution in [-0.4, -0.2) is 0 Å². The van der Waals surface area contributed by atoms with Crippen LogP contribution in [0.5, 0.6) is 0 Å². The Kier molecular flexibility index (Phi) is 1.62. The summed E-state index contributed by atoms with van der Waals surface area (Å²) >= 11 is 0. The molecule has 0 heterocycles. The van der Waals surface area contributed by atoms with E-state index in [0.29, 0.717) is 5.56 Å². The van der Waals surface area contributed by atoms with Crippen LogP contribution in [0.2, 0.25) is 0 Å². The Hall–Kier alpha value is -1.37. The van der Waals surface area contributed by atoms with Gasteiger partial charge in [0.15, 0.2) is 0 Å². The summed E-state index contributed by atoms with van der Waals surface area (Å²) in [6.45, 7) is 9.78. The van der Waals surface area contributed by atoms with E-state index in [1.165, 1.54) is 6.07 Å². The van der Waals surface area contributed by atoms with Gasteiger partial charge in [0, 0.05) is 11.5 Å². The van der Waals surface area contributed by atoms with E-state index < -0.39 is 0 Å². The van der Waals surface area contributed by atoms with E-state index in [1.807, 2.05) is 13.0 Å². The third-order valence-electron chi connectivity index (χ3n) is 2.72. The third-order valence-corrected chi connectivity index (χ3v) is 2.72. The van der Waals surface area contributed by atoms with Crippen LogP contribution in [0, 0.1) is 5.82 Å². The lowest BCUT2D eigenvalue weighted by Crippen LogP contribution is -1.88. The Labute approximate surface area is 77.4 Å². The van der Waals surface area contributed by atoms with E-state index in [0.717, 1.165) is 16.7 Å². The highest BCUT2D eigenvalue weighted by Gasteiger charge is 2.27. The summed E-state index contributed by atoms with van der Waals surface area (Å²) in [6.07, 6.45) is 0. The molecule has 1 aliphatic carbocycles. The molecule has 0 bridgehead atoms. The fraction of sp³-hybridized carbons (Fsp3) is 0.167. The zero-order valence-corrected chi connectivity index (χ0v) is 7.60. The fourth-order valence-corrected chi connectivity index (χ4v) is 1.83. The van der Waals surface area contributed by atoms with Gasteiger partial charge in [-0.3, -0.25) is 0 Å². The van der Waals surface area contributed by atoms with Crippen molar-refractivity contribution in [2.45, 2.75) is 12.8 Å². The zero-order chi connectivity index (χ0) is 9.59. The van der Waals surface area contributed by atoms with Gasteiger partial charge in [0.1, 0.15) is 5.82 Å².